The molecule has 0 fully saturated rings. The van der Waals surface area contributed by atoms with Gasteiger partial charge in [0.05, 0.1) is 12.8 Å². The number of aryl methyl sites for hydroxylation is 1. The second-order valence-corrected chi connectivity index (χ2v) is 5.52. The standard InChI is InChI=1S/C15H16ClNOS/c1-11-7-14(18-2)8-13(17-11)10-19-15-5-3-12(9-16)4-6-15/h3-8H,9-10H2,1-2H3. The van der Waals surface area contributed by atoms with Crippen LogP contribution in [0.2, 0.25) is 0 Å². The summed E-state index contributed by atoms with van der Waals surface area (Å²) in [5, 5.41) is 0. The lowest BCUT2D eigenvalue weighted by Gasteiger charge is -2.06. The first-order chi connectivity index (χ1) is 9.21. The van der Waals surface area contributed by atoms with Gasteiger partial charge in [0, 0.05) is 34.4 Å². The Morgan fingerprint density at radius 2 is 1.95 bits per heavy atom. The number of thioether (sulfide) groups is 1. The Morgan fingerprint density at radius 1 is 1.21 bits per heavy atom. The number of hydrogen-bond acceptors (Lipinski definition) is 3. The number of pyridine rings is 1. The van der Waals surface area contributed by atoms with Crippen molar-refractivity contribution in [1.82, 2.24) is 4.98 Å². The van der Waals surface area contributed by atoms with Crippen LogP contribution < -0.4 is 4.74 Å². The molecule has 0 N–H and O–H groups in total. The molecule has 2 aromatic rings. The van der Waals surface area contributed by atoms with Gasteiger partial charge in [0.1, 0.15) is 5.75 Å². The second kappa shape index (κ2) is 6.83. The molecule has 0 saturated heterocycles. The first kappa shape index (κ1) is 14.2. The number of aromatic nitrogens is 1. The highest BCUT2D eigenvalue weighted by Crippen LogP contribution is 2.24. The van der Waals surface area contributed by atoms with Crippen molar-refractivity contribution in [3.05, 3.63) is 53.3 Å². The number of halogens is 1. The molecule has 0 aliphatic carbocycles. The zero-order valence-corrected chi connectivity index (χ0v) is 12.6. The number of benzene rings is 1. The van der Waals surface area contributed by atoms with Gasteiger partial charge in [0.15, 0.2) is 0 Å². The molecule has 19 heavy (non-hydrogen) atoms. The molecular weight excluding hydrogens is 278 g/mol. The monoisotopic (exact) mass is 293 g/mol. The Labute approximate surface area is 123 Å². The predicted octanol–water partition coefficient (Wildman–Crippen LogP) is 4.43. The van der Waals surface area contributed by atoms with E-state index in [2.05, 4.69) is 29.2 Å². The van der Waals surface area contributed by atoms with Gasteiger partial charge in [-0.2, -0.15) is 0 Å². The van der Waals surface area contributed by atoms with Gasteiger partial charge < -0.3 is 4.74 Å². The lowest BCUT2D eigenvalue weighted by atomic mass is 10.2. The molecule has 0 amide bonds. The van der Waals surface area contributed by atoms with E-state index in [9.17, 15) is 0 Å². The molecular formula is C15H16ClNOS. The van der Waals surface area contributed by atoms with Crippen molar-refractivity contribution in [2.24, 2.45) is 0 Å². The number of nitrogens with zero attached hydrogens (tertiary/aromatic N) is 1. The third kappa shape index (κ3) is 4.15. The van der Waals surface area contributed by atoms with E-state index in [1.807, 2.05) is 19.1 Å². The van der Waals surface area contributed by atoms with Gasteiger partial charge in [-0.1, -0.05) is 12.1 Å². The maximum absolute atomic E-state index is 5.77. The molecule has 1 aromatic carbocycles. The summed E-state index contributed by atoms with van der Waals surface area (Å²) in [5.41, 5.74) is 3.15. The van der Waals surface area contributed by atoms with Gasteiger partial charge in [-0.15, -0.1) is 23.4 Å². The van der Waals surface area contributed by atoms with Crippen LogP contribution in [0.3, 0.4) is 0 Å². The van der Waals surface area contributed by atoms with E-state index in [1.54, 1.807) is 18.9 Å². The first-order valence-electron chi connectivity index (χ1n) is 6.00. The van der Waals surface area contributed by atoms with E-state index in [4.69, 9.17) is 16.3 Å². The lowest BCUT2D eigenvalue weighted by molar-refractivity contribution is 0.413. The fraction of sp³-hybridized carbons (Fsp3) is 0.267. The highest BCUT2D eigenvalue weighted by Gasteiger charge is 2.02. The summed E-state index contributed by atoms with van der Waals surface area (Å²) in [6.45, 7) is 1.98. The van der Waals surface area contributed by atoms with Crippen LogP contribution in [0.5, 0.6) is 5.75 Å². The summed E-state index contributed by atoms with van der Waals surface area (Å²) in [6.07, 6.45) is 0. The maximum atomic E-state index is 5.77. The van der Waals surface area contributed by atoms with Gasteiger partial charge in [0.25, 0.3) is 0 Å². The third-order valence-electron chi connectivity index (χ3n) is 2.68. The second-order valence-electron chi connectivity index (χ2n) is 4.21. The van der Waals surface area contributed by atoms with Crippen LogP contribution in [0.4, 0.5) is 0 Å². The smallest absolute Gasteiger partial charge is 0.122 e. The van der Waals surface area contributed by atoms with Gasteiger partial charge in [-0.25, -0.2) is 0 Å². The van der Waals surface area contributed by atoms with Crippen molar-refractivity contribution in [1.29, 1.82) is 0 Å². The van der Waals surface area contributed by atoms with Crippen molar-refractivity contribution in [2.75, 3.05) is 7.11 Å². The minimum Gasteiger partial charge on any atom is -0.497 e. The summed E-state index contributed by atoms with van der Waals surface area (Å²) in [6, 6.07) is 12.2. The van der Waals surface area contributed by atoms with Crippen molar-refractivity contribution in [3.8, 4) is 5.75 Å². The van der Waals surface area contributed by atoms with E-state index < -0.39 is 0 Å². The number of rotatable bonds is 5. The molecule has 0 radical (unpaired) electrons. The van der Waals surface area contributed by atoms with Crippen LogP contribution >= 0.6 is 23.4 Å². The van der Waals surface area contributed by atoms with Gasteiger partial charge in [-0.05, 0) is 24.6 Å². The minimum absolute atomic E-state index is 0.557. The Kier molecular flexibility index (Phi) is 5.11. The van der Waals surface area contributed by atoms with Crippen LogP contribution in [-0.4, -0.2) is 12.1 Å². The minimum atomic E-state index is 0.557. The highest BCUT2D eigenvalue weighted by atomic mass is 35.5. The fourth-order valence-corrected chi connectivity index (χ4v) is 2.70. The quantitative estimate of drug-likeness (QED) is 0.601. The van der Waals surface area contributed by atoms with Gasteiger partial charge in [-0.3, -0.25) is 4.98 Å². The predicted molar refractivity (Wildman–Crippen MR) is 81.1 cm³/mol. The molecule has 2 nitrogen and oxygen atoms in total. The molecule has 0 aliphatic rings. The van der Waals surface area contributed by atoms with E-state index in [-0.39, 0.29) is 0 Å². The summed E-state index contributed by atoms with van der Waals surface area (Å²) in [4.78, 5) is 5.73. The number of methoxy groups -OCH3 is 1. The molecule has 0 aliphatic heterocycles. The molecule has 1 aromatic heterocycles. The van der Waals surface area contributed by atoms with E-state index >= 15 is 0 Å². The number of alkyl halides is 1. The first-order valence-corrected chi connectivity index (χ1v) is 7.52. The highest BCUT2D eigenvalue weighted by molar-refractivity contribution is 7.98. The molecule has 1 heterocycles. The molecule has 0 unspecified atom stereocenters. The lowest BCUT2D eigenvalue weighted by Crippen LogP contribution is -1.93. The zero-order valence-electron chi connectivity index (χ0n) is 11.0. The molecule has 2 rings (SSSR count). The van der Waals surface area contributed by atoms with Gasteiger partial charge in [0.2, 0.25) is 0 Å². The van der Waals surface area contributed by atoms with Crippen LogP contribution in [0.25, 0.3) is 0 Å². The Hall–Kier alpha value is -1.19. The van der Waals surface area contributed by atoms with Crippen molar-refractivity contribution < 1.29 is 4.74 Å². The van der Waals surface area contributed by atoms with E-state index in [0.29, 0.717) is 5.88 Å². The molecule has 0 bridgehead atoms. The normalized spacial score (nSPS) is 10.5. The van der Waals surface area contributed by atoms with Crippen LogP contribution in [0.15, 0.2) is 41.3 Å². The van der Waals surface area contributed by atoms with Crippen LogP contribution in [0.1, 0.15) is 17.0 Å². The Bertz CT molecular complexity index is 542. The summed E-state index contributed by atoms with van der Waals surface area (Å²) < 4.78 is 5.25. The average Bonchev–Trinajstić information content (AvgIpc) is 2.45. The zero-order chi connectivity index (χ0) is 13.7. The van der Waals surface area contributed by atoms with E-state index in [0.717, 1.165) is 28.5 Å². The molecule has 0 spiro atoms. The summed E-state index contributed by atoms with van der Waals surface area (Å²) >= 11 is 7.53. The maximum Gasteiger partial charge on any atom is 0.122 e. The van der Waals surface area contributed by atoms with Crippen LogP contribution in [-0.2, 0) is 11.6 Å². The van der Waals surface area contributed by atoms with Crippen LogP contribution in [0, 0.1) is 6.92 Å². The largest absolute Gasteiger partial charge is 0.497 e. The summed E-state index contributed by atoms with van der Waals surface area (Å²) in [7, 11) is 1.68. The van der Waals surface area contributed by atoms with Crippen molar-refractivity contribution in [2.45, 2.75) is 23.5 Å². The van der Waals surface area contributed by atoms with Gasteiger partial charge >= 0.3 is 0 Å². The summed E-state index contributed by atoms with van der Waals surface area (Å²) in [5.74, 6) is 2.25. The molecule has 0 atom stereocenters. The molecule has 0 saturated carbocycles. The van der Waals surface area contributed by atoms with Crippen molar-refractivity contribution in [3.63, 3.8) is 0 Å². The third-order valence-corrected chi connectivity index (χ3v) is 4.03. The fourth-order valence-electron chi connectivity index (χ4n) is 1.73. The SMILES string of the molecule is COc1cc(C)nc(CSc2ccc(CCl)cc2)c1. The Balaban J connectivity index is 2.03. The van der Waals surface area contributed by atoms with E-state index in [1.165, 1.54) is 4.90 Å². The van der Waals surface area contributed by atoms with Crippen molar-refractivity contribution >= 4 is 23.4 Å². The molecule has 100 valence electrons. The Morgan fingerprint density at radius 3 is 2.58 bits per heavy atom. The molecule has 4 heteroatoms. The average molecular weight is 294 g/mol. The number of hydrogen-bond donors (Lipinski definition) is 0. The topological polar surface area (TPSA) is 22.1 Å². The number of ether oxygens (including phenoxy) is 1.